The fourth-order valence-corrected chi connectivity index (χ4v) is 6.31. The Balaban J connectivity index is 1.09. The molecule has 0 aromatic heterocycles. The molecule has 1 N–H and O–H groups in total. The van der Waals surface area contributed by atoms with Crippen LogP contribution < -0.4 is 15.0 Å². The lowest BCUT2D eigenvalue weighted by Gasteiger charge is -2.34. The highest BCUT2D eigenvalue weighted by Gasteiger charge is 2.40. The highest BCUT2D eigenvalue weighted by atomic mass is 19.1. The van der Waals surface area contributed by atoms with Gasteiger partial charge in [0.1, 0.15) is 31.3 Å². The van der Waals surface area contributed by atoms with Gasteiger partial charge in [0.25, 0.3) is 5.91 Å². The quantitative estimate of drug-likeness (QED) is 0.229. The molecule has 0 aliphatic carbocycles. The first-order chi connectivity index (χ1) is 21.9. The third-order valence-electron chi connectivity index (χ3n) is 8.67. The summed E-state index contributed by atoms with van der Waals surface area (Å²) >= 11 is 0. The van der Waals surface area contributed by atoms with E-state index in [1.54, 1.807) is 24.3 Å². The van der Waals surface area contributed by atoms with E-state index in [2.05, 4.69) is 10.5 Å². The van der Waals surface area contributed by atoms with E-state index in [0.717, 1.165) is 35.2 Å². The molecule has 0 radical (unpaired) electrons. The number of anilines is 1. The first-order valence-corrected chi connectivity index (χ1v) is 14.9. The number of hydrogen-bond acceptors (Lipinski definition) is 8. The first kappa shape index (κ1) is 29.8. The van der Waals surface area contributed by atoms with E-state index in [0.29, 0.717) is 42.1 Å². The highest BCUT2D eigenvalue weighted by molar-refractivity contribution is 6.05. The van der Waals surface area contributed by atoms with Gasteiger partial charge in [0.15, 0.2) is 0 Å². The number of hydrogen-bond donors (Lipinski definition) is 1. The molecule has 10 nitrogen and oxygen atoms in total. The Hall–Kier alpha value is -5.24. The molecule has 0 unspecified atom stereocenters. The Bertz CT molecular complexity index is 1710. The topological polar surface area (TPSA) is 124 Å². The summed E-state index contributed by atoms with van der Waals surface area (Å²) in [6.45, 7) is 1.80. The minimum Gasteiger partial charge on any atom is -0.489 e. The number of imide groups is 1. The summed E-state index contributed by atoms with van der Waals surface area (Å²) in [6.07, 6.45) is 2.03. The van der Waals surface area contributed by atoms with Crippen LogP contribution in [0.25, 0.3) is 0 Å². The number of piperidine rings is 2. The summed E-state index contributed by atoms with van der Waals surface area (Å²) in [5.74, 6) is -0.704. The van der Waals surface area contributed by atoms with Crippen LogP contribution in [-0.2, 0) is 27.6 Å². The summed E-state index contributed by atoms with van der Waals surface area (Å²) in [7, 11) is 1.52. The van der Waals surface area contributed by atoms with Crippen LogP contribution in [0.5, 0.6) is 5.75 Å². The van der Waals surface area contributed by atoms with Crippen LogP contribution in [0.1, 0.15) is 58.3 Å². The zero-order valence-corrected chi connectivity index (χ0v) is 24.8. The summed E-state index contributed by atoms with van der Waals surface area (Å²) < 4.78 is 20.7. The summed E-state index contributed by atoms with van der Waals surface area (Å²) in [6, 6.07) is 19.0. The van der Waals surface area contributed by atoms with Crippen LogP contribution in [0.4, 0.5) is 10.1 Å². The Morgan fingerprint density at radius 2 is 1.84 bits per heavy atom. The molecule has 3 aromatic rings. The van der Waals surface area contributed by atoms with Crippen molar-refractivity contribution in [2.75, 3.05) is 25.1 Å². The van der Waals surface area contributed by atoms with Gasteiger partial charge in [-0.3, -0.25) is 19.7 Å². The van der Waals surface area contributed by atoms with Crippen molar-refractivity contribution in [2.45, 2.75) is 44.9 Å². The maximum Gasteiger partial charge on any atom is 0.255 e. The molecule has 2 fully saturated rings. The number of nitrogens with zero attached hydrogens (tertiary/aromatic N) is 4. The molecule has 11 heteroatoms. The smallest absolute Gasteiger partial charge is 0.255 e. The van der Waals surface area contributed by atoms with Crippen LogP contribution in [0.3, 0.4) is 0 Å². The van der Waals surface area contributed by atoms with Crippen molar-refractivity contribution in [3.63, 3.8) is 0 Å². The number of nitriles is 1. The van der Waals surface area contributed by atoms with Crippen LogP contribution in [-0.4, -0.2) is 54.6 Å². The molecule has 1 atom stereocenters. The fraction of sp³-hybridized carbons (Fsp3) is 0.324. The van der Waals surface area contributed by atoms with Crippen molar-refractivity contribution in [3.05, 3.63) is 94.3 Å². The highest BCUT2D eigenvalue weighted by Crippen LogP contribution is 2.34. The van der Waals surface area contributed by atoms with Crippen molar-refractivity contribution < 1.29 is 28.3 Å². The molecule has 3 aliphatic rings. The average molecular weight is 610 g/mol. The largest absolute Gasteiger partial charge is 0.489 e. The Morgan fingerprint density at radius 1 is 1.07 bits per heavy atom. The van der Waals surface area contributed by atoms with Crippen LogP contribution in [0, 0.1) is 23.1 Å². The lowest BCUT2D eigenvalue weighted by molar-refractivity contribution is -0.136. The molecule has 3 heterocycles. The number of carbonyl (C=O) groups is 3. The standard InChI is InChI=1S/C34H32FN5O5/c1-44-38-32(24-13-15-39(16-14-24)28-10-7-22(18-36)17-27(28)35)23-8-5-21(6-9-23)20-45-30-4-2-3-25-26(30)19-40(34(25)43)29-11-12-31(41)37-33(29)42/h2-10,17,24,29H,11-16,19-20H2,1H3,(H,37,41,42)/b38-32+/t29-/m0/s1. The Morgan fingerprint density at radius 3 is 2.53 bits per heavy atom. The number of ether oxygens (including phenoxy) is 1. The molecule has 45 heavy (non-hydrogen) atoms. The number of rotatable bonds is 8. The van der Waals surface area contributed by atoms with Gasteiger partial charge in [0.2, 0.25) is 11.8 Å². The van der Waals surface area contributed by atoms with Crippen LogP contribution in [0.2, 0.25) is 0 Å². The van der Waals surface area contributed by atoms with Crippen molar-refractivity contribution >= 4 is 29.1 Å². The van der Waals surface area contributed by atoms with Crippen LogP contribution in [0.15, 0.2) is 65.8 Å². The second-order valence-electron chi connectivity index (χ2n) is 11.4. The molecule has 6 rings (SSSR count). The van der Waals surface area contributed by atoms with Gasteiger partial charge < -0.3 is 19.4 Å². The van der Waals surface area contributed by atoms with E-state index in [4.69, 9.17) is 14.8 Å². The molecule has 3 amide bonds. The summed E-state index contributed by atoms with van der Waals surface area (Å²) in [5, 5.41) is 15.7. The Labute approximate surface area is 260 Å². The van der Waals surface area contributed by atoms with Gasteiger partial charge in [-0.1, -0.05) is 35.5 Å². The lowest BCUT2D eigenvalue weighted by atomic mass is 9.87. The normalized spacial score (nSPS) is 18.8. The number of amides is 3. The van der Waals surface area contributed by atoms with E-state index in [1.165, 1.54) is 18.1 Å². The summed E-state index contributed by atoms with van der Waals surface area (Å²) in [4.78, 5) is 45.8. The van der Waals surface area contributed by atoms with Gasteiger partial charge in [-0.15, -0.1) is 0 Å². The number of carbonyl (C=O) groups excluding carboxylic acids is 3. The predicted octanol–water partition coefficient (Wildman–Crippen LogP) is 4.30. The zero-order valence-electron chi connectivity index (χ0n) is 24.8. The molecular formula is C34H32FN5O5. The predicted molar refractivity (Wildman–Crippen MR) is 163 cm³/mol. The number of halogens is 1. The second-order valence-corrected chi connectivity index (χ2v) is 11.4. The van der Waals surface area contributed by atoms with E-state index in [-0.39, 0.29) is 37.3 Å². The van der Waals surface area contributed by atoms with Gasteiger partial charge in [-0.2, -0.15) is 5.26 Å². The number of oxime groups is 1. The molecule has 3 aliphatic heterocycles. The van der Waals surface area contributed by atoms with Crippen molar-refractivity contribution in [2.24, 2.45) is 11.1 Å². The number of nitrogens with one attached hydrogen (secondary N) is 1. The van der Waals surface area contributed by atoms with Crippen molar-refractivity contribution in [1.82, 2.24) is 10.2 Å². The SMILES string of the molecule is CO/N=C(\c1ccc(COc2cccc3c2CN([C@H]2CCC(=O)NC2=O)C3=O)cc1)C1CCN(c2ccc(C#N)cc2F)CC1. The maximum atomic E-state index is 14.6. The monoisotopic (exact) mass is 609 g/mol. The lowest BCUT2D eigenvalue weighted by Crippen LogP contribution is -2.52. The minimum atomic E-state index is -0.685. The van der Waals surface area contributed by atoms with E-state index < -0.39 is 17.8 Å². The molecule has 0 saturated carbocycles. The van der Waals surface area contributed by atoms with E-state index in [1.807, 2.05) is 41.3 Å². The third-order valence-corrected chi connectivity index (χ3v) is 8.67. The van der Waals surface area contributed by atoms with Gasteiger partial charge in [0, 0.05) is 36.6 Å². The van der Waals surface area contributed by atoms with Crippen LogP contribution >= 0.6 is 0 Å². The molecule has 2 saturated heterocycles. The second kappa shape index (κ2) is 12.8. The van der Waals surface area contributed by atoms with E-state index in [9.17, 15) is 18.8 Å². The average Bonchev–Trinajstić information content (AvgIpc) is 3.39. The first-order valence-electron chi connectivity index (χ1n) is 14.9. The molecule has 3 aromatic carbocycles. The fourth-order valence-electron chi connectivity index (χ4n) is 6.31. The maximum absolute atomic E-state index is 14.6. The molecule has 0 spiro atoms. The molecule has 0 bridgehead atoms. The minimum absolute atomic E-state index is 0.126. The van der Waals surface area contributed by atoms with Crippen molar-refractivity contribution in [1.29, 1.82) is 5.26 Å². The third kappa shape index (κ3) is 6.09. The number of fused-ring (bicyclic) bond motifs is 1. The van der Waals surface area contributed by atoms with Gasteiger partial charge in [0.05, 0.1) is 29.6 Å². The molecular weight excluding hydrogens is 577 g/mol. The van der Waals surface area contributed by atoms with E-state index >= 15 is 0 Å². The summed E-state index contributed by atoms with van der Waals surface area (Å²) in [5.41, 5.74) is 4.71. The van der Waals surface area contributed by atoms with Gasteiger partial charge in [-0.25, -0.2) is 4.39 Å². The van der Waals surface area contributed by atoms with Crippen molar-refractivity contribution in [3.8, 4) is 11.8 Å². The zero-order chi connectivity index (χ0) is 31.5. The number of benzene rings is 3. The Kier molecular flexibility index (Phi) is 8.47. The molecule has 230 valence electrons. The van der Waals surface area contributed by atoms with Gasteiger partial charge in [-0.05, 0) is 60.7 Å². The van der Waals surface area contributed by atoms with Gasteiger partial charge >= 0.3 is 0 Å².